The minimum Gasteiger partial charge on any atom is -0.322 e. The number of aryl methyl sites for hydroxylation is 1. The van der Waals surface area contributed by atoms with Gasteiger partial charge in [-0.15, -0.1) is 0 Å². The molecule has 0 heterocycles. The number of primary sulfonamides is 1. The zero-order valence-corrected chi connectivity index (χ0v) is 14.1. The highest BCUT2D eigenvalue weighted by molar-refractivity contribution is 14.1. The Morgan fingerprint density at radius 2 is 1.76 bits per heavy atom. The summed E-state index contributed by atoms with van der Waals surface area (Å²) in [6.07, 6.45) is 0. The second-order valence-corrected chi connectivity index (χ2v) is 7.21. The molecule has 0 atom stereocenters. The second kappa shape index (κ2) is 6.12. The van der Waals surface area contributed by atoms with Crippen molar-refractivity contribution in [3.63, 3.8) is 0 Å². The third-order valence-electron chi connectivity index (χ3n) is 2.87. The highest BCUT2D eigenvalue weighted by Crippen LogP contribution is 2.16. The van der Waals surface area contributed by atoms with Crippen LogP contribution in [0.25, 0.3) is 0 Å². The number of anilines is 1. The molecule has 2 aromatic carbocycles. The van der Waals surface area contributed by atoms with E-state index in [1.807, 2.05) is 13.0 Å². The molecule has 0 aliphatic carbocycles. The first-order valence-corrected chi connectivity index (χ1v) is 8.60. The van der Waals surface area contributed by atoms with Gasteiger partial charge in [0.05, 0.1) is 4.90 Å². The minimum absolute atomic E-state index is 0.00498. The van der Waals surface area contributed by atoms with Crippen LogP contribution in [-0.4, -0.2) is 14.3 Å². The van der Waals surface area contributed by atoms with Crippen LogP contribution in [0.15, 0.2) is 47.4 Å². The molecule has 0 fully saturated rings. The molecule has 0 aliphatic heterocycles. The Morgan fingerprint density at radius 3 is 2.29 bits per heavy atom. The SMILES string of the molecule is Cc1ccc(C(=O)Nc2ccc(S(N)(=O)=O)cc2)cc1I. The molecule has 7 heteroatoms. The van der Waals surface area contributed by atoms with E-state index in [1.54, 1.807) is 12.1 Å². The minimum atomic E-state index is -3.72. The van der Waals surface area contributed by atoms with E-state index in [1.165, 1.54) is 24.3 Å². The highest BCUT2D eigenvalue weighted by atomic mass is 127. The normalized spacial score (nSPS) is 11.2. The van der Waals surface area contributed by atoms with Crippen molar-refractivity contribution in [2.75, 3.05) is 5.32 Å². The molecule has 1 amide bonds. The van der Waals surface area contributed by atoms with Crippen molar-refractivity contribution in [1.82, 2.24) is 0 Å². The smallest absolute Gasteiger partial charge is 0.255 e. The quantitative estimate of drug-likeness (QED) is 0.754. The van der Waals surface area contributed by atoms with Gasteiger partial charge in [-0.05, 0) is 71.5 Å². The fourth-order valence-corrected chi connectivity index (χ4v) is 2.70. The summed E-state index contributed by atoms with van der Waals surface area (Å²) < 4.78 is 23.3. The van der Waals surface area contributed by atoms with Gasteiger partial charge in [0.2, 0.25) is 10.0 Å². The molecule has 0 unspecified atom stereocenters. The fourth-order valence-electron chi connectivity index (χ4n) is 1.67. The van der Waals surface area contributed by atoms with Crippen LogP contribution < -0.4 is 10.5 Å². The summed E-state index contributed by atoms with van der Waals surface area (Å²) in [5, 5.41) is 7.72. The Balaban J connectivity index is 2.18. The Morgan fingerprint density at radius 1 is 1.14 bits per heavy atom. The number of carbonyl (C=O) groups is 1. The standard InChI is InChI=1S/C14H13IN2O3S/c1-9-2-3-10(8-13(9)15)14(18)17-11-4-6-12(7-5-11)21(16,19)20/h2-8H,1H3,(H,17,18)(H2,16,19,20). The second-order valence-electron chi connectivity index (χ2n) is 4.49. The predicted octanol–water partition coefficient (Wildman–Crippen LogP) is 2.50. The largest absolute Gasteiger partial charge is 0.322 e. The van der Waals surface area contributed by atoms with Crippen LogP contribution in [0.5, 0.6) is 0 Å². The number of benzene rings is 2. The fraction of sp³-hybridized carbons (Fsp3) is 0.0714. The summed E-state index contributed by atoms with van der Waals surface area (Å²) in [6, 6.07) is 11.1. The van der Waals surface area contributed by atoms with Gasteiger partial charge in [0.15, 0.2) is 0 Å². The Bertz CT molecular complexity index is 786. The van der Waals surface area contributed by atoms with Gasteiger partial charge in [-0.25, -0.2) is 13.6 Å². The van der Waals surface area contributed by atoms with Crippen LogP contribution in [0.1, 0.15) is 15.9 Å². The first kappa shape index (κ1) is 15.9. The summed E-state index contributed by atoms with van der Waals surface area (Å²) in [5.41, 5.74) is 2.15. The highest BCUT2D eigenvalue weighted by Gasteiger charge is 2.10. The lowest BCUT2D eigenvalue weighted by atomic mass is 10.1. The van der Waals surface area contributed by atoms with Crippen molar-refractivity contribution in [2.24, 2.45) is 5.14 Å². The molecule has 110 valence electrons. The zero-order chi connectivity index (χ0) is 15.6. The number of carbonyl (C=O) groups excluding carboxylic acids is 1. The number of hydrogen-bond donors (Lipinski definition) is 2. The lowest BCUT2D eigenvalue weighted by Crippen LogP contribution is -2.14. The van der Waals surface area contributed by atoms with Gasteiger partial charge in [-0.1, -0.05) is 6.07 Å². The van der Waals surface area contributed by atoms with Crippen molar-refractivity contribution >= 4 is 44.2 Å². The third kappa shape index (κ3) is 4.02. The molecule has 0 aromatic heterocycles. The van der Waals surface area contributed by atoms with E-state index in [4.69, 9.17) is 5.14 Å². The van der Waals surface area contributed by atoms with E-state index in [0.717, 1.165) is 9.13 Å². The summed E-state index contributed by atoms with van der Waals surface area (Å²) in [7, 11) is -3.72. The number of sulfonamides is 1. The average Bonchev–Trinajstić information content (AvgIpc) is 2.41. The van der Waals surface area contributed by atoms with Crippen molar-refractivity contribution in [2.45, 2.75) is 11.8 Å². The molecule has 0 aliphatic rings. The van der Waals surface area contributed by atoms with E-state index < -0.39 is 10.0 Å². The Kier molecular flexibility index (Phi) is 4.64. The maximum atomic E-state index is 12.1. The predicted molar refractivity (Wildman–Crippen MR) is 89.7 cm³/mol. The van der Waals surface area contributed by atoms with Crippen LogP contribution in [0.2, 0.25) is 0 Å². The van der Waals surface area contributed by atoms with E-state index >= 15 is 0 Å². The number of halogens is 1. The molecule has 21 heavy (non-hydrogen) atoms. The summed E-state index contributed by atoms with van der Waals surface area (Å²) in [5.74, 6) is -0.253. The third-order valence-corrected chi connectivity index (χ3v) is 4.97. The van der Waals surface area contributed by atoms with E-state index in [9.17, 15) is 13.2 Å². The molecular weight excluding hydrogens is 403 g/mol. The van der Waals surface area contributed by atoms with Gasteiger partial charge in [0, 0.05) is 14.8 Å². The van der Waals surface area contributed by atoms with E-state index in [2.05, 4.69) is 27.9 Å². The first-order valence-electron chi connectivity index (χ1n) is 5.98. The Labute approximate surface area is 136 Å². The van der Waals surface area contributed by atoms with Crippen LogP contribution >= 0.6 is 22.6 Å². The van der Waals surface area contributed by atoms with Gasteiger partial charge in [-0.3, -0.25) is 4.79 Å². The van der Waals surface area contributed by atoms with Gasteiger partial charge >= 0.3 is 0 Å². The average molecular weight is 416 g/mol. The van der Waals surface area contributed by atoms with E-state index in [0.29, 0.717) is 11.3 Å². The van der Waals surface area contributed by atoms with Crippen LogP contribution in [-0.2, 0) is 10.0 Å². The van der Waals surface area contributed by atoms with Crippen LogP contribution in [0.3, 0.4) is 0 Å². The van der Waals surface area contributed by atoms with Crippen molar-refractivity contribution in [3.05, 3.63) is 57.2 Å². The molecule has 0 saturated carbocycles. The molecule has 0 saturated heterocycles. The molecule has 2 rings (SSSR count). The number of amides is 1. The van der Waals surface area contributed by atoms with Gasteiger partial charge in [-0.2, -0.15) is 0 Å². The summed E-state index contributed by atoms with van der Waals surface area (Å²) in [6.45, 7) is 1.97. The van der Waals surface area contributed by atoms with Crippen LogP contribution in [0.4, 0.5) is 5.69 Å². The van der Waals surface area contributed by atoms with Crippen LogP contribution in [0, 0.1) is 10.5 Å². The monoisotopic (exact) mass is 416 g/mol. The maximum Gasteiger partial charge on any atom is 0.255 e. The van der Waals surface area contributed by atoms with Crippen molar-refractivity contribution in [1.29, 1.82) is 0 Å². The summed E-state index contributed by atoms with van der Waals surface area (Å²) >= 11 is 2.17. The molecule has 0 radical (unpaired) electrons. The van der Waals surface area contributed by atoms with Gasteiger partial charge < -0.3 is 5.32 Å². The molecule has 5 nitrogen and oxygen atoms in total. The number of rotatable bonds is 3. The summed E-state index contributed by atoms with van der Waals surface area (Å²) in [4.78, 5) is 12.1. The number of hydrogen-bond acceptors (Lipinski definition) is 3. The van der Waals surface area contributed by atoms with Crippen molar-refractivity contribution < 1.29 is 13.2 Å². The molecule has 0 spiro atoms. The first-order chi connectivity index (χ1) is 9.77. The van der Waals surface area contributed by atoms with Gasteiger partial charge in [0.25, 0.3) is 5.91 Å². The molecular formula is C14H13IN2O3S. The Hall–Kier alpha value is -1.45. The zero-order valence-electron chi connectivity index (χ0n) is 11.1. The number of nitrogens with one attached hydrogen (secondary N) is 1. The van der Waals surface area contributed by atoms with Crippen molar-refractivity contribution in [3.8, 4) is 0 Å². The maximum absolute atomic E-state index is 12.1. The molecule has 2 aromatic rings. The molecule has 0 bridgehead atoms. The van der Waals surface area contributed by atoms with Gasteiger partial charge in [0.1, 0.15) is 0 Å². The van der Waals surface area contributed by atoms with E-state index in [-0.39, 0.29) is 10.8 Å². The lowest BCUT2D eigenvalue weighted by Gasteiger charge is -2.07. The lowest BCUT2D eigenvalue weighted by molar-refractivity contribution is 0.102. The topological polar surface area (TPSA) is 89.3 Å². The molecule has 3 N–H and O–H groups in total. The number of nitrogens with two attached hydrogens (primary N) is 1.